The molecule has 3 aromatic rings. The zero-order chi connectivity index (χ0) is 27.3. The van der Waals surface area contributed by atoms with Crippen molar-refractivity contribution in [3.63, 3.8) is 0 Å². The molecule has 5 rings (SSSR count). The Hall–Kier alpha value is -3.07. The average Bonchev–Trinajstić information content (AvgIpc) is 2.87. The summed E-state index contributed by atoms with van der Waals surface area (Å²) in [6, 6.07) is 19.3. The van der Waals surface area contributed by atoms with Crippen LogP contribution in [0.1, 0.15) is 18.1 Å². The van der Waals surface area contributed by atoms with Gasteiger partial charge in [-0.2, -0.15) is 0 Å². The van der Waals surface area contributed by atoms with Gasteiger partial charge in [-0.1, -0.05) is 29.8 Å². The largest absolute Gasteiger partial charge is 0.508 e. The van der Waals surface area contributed by atoms with E-state index in [0.717, 1.165) is 48.3 Å². The maximum absolute atomic E-state index is 12.1. The zero-order valence-corrected chi connectivity index (χ0v) is 22.9. The van der Waals surface area contributed by atoms with Crippen LogP contribution in [-0.2, 0) is 9.84 Å². The molecule has 0 spiro atoms. The number of rotatable bonds is 7. The molecular formula is C29H31ClFNO5S. The van der Waals surface area contributed by atoms with Crippen molar-refractivity contribution in [1.29, 1.82) is 0 Å². The highest BCUT2D eigenvalue weighted by molar-refractivity contribution is 7.90. The minimum atomic E-state index is -3.33. The van der Waals surface area contributed by atoms with Crippen LogP contribution in [0.2, 0.25) is 5.02 Å². The third kappa shape index (κ3) is 6.87. The van der Waals surface area contributed by atoms with Gasteiger partial charge in [0.15, 0.2) is 9.84 Å². The van der Waals surface area contributed by atoms with Crippen LogP contribution in [0.4, 0.5) is 4.39 Å². The van der Waals surface area contributed by atoms with E-state index in [9.17, 15) is 17.9 Å². The molecule has 0 bridgehead atoms. The molecule has 0 atom stereocenters. The lowest BCUT2D eigenvalue weighted by Crippen LogP contribution is -2.49. The van der Waals surface area contributed by atoms with Gasteiger partial charge in [0.25, 0.3) is 0 Å². The van der Waals surface area contributed by atoms with Crippen LogP contribution < -0.4 is 9.47 Å². The van der Waals surface area contributed by atoms with Gasteiger partial charge in [0.2, 0.25) is 0 Å². The summed E-state index contributed by atoms with van der Waals surface area (Å²) < 4.78 is 47.0. The van der Waals surface area contributed by atoms with Crippen molar-refractivity contribution < 1.29 is 27.4 Å². The Labute approximate surface area is 228 Å². The SMILES string of the molecule is CC1=C(c2cc(S(C)(=O)=O)ccc2Cl)COc2ccc(O)cc21.FCC1CN(CCOc2ccccc2)C1. The van der Waals surface area contributed by atoms with Gasteiger partial charge in [-0.05, 0) is 61.0 Å². The van der Waals surface area contributed by atoms with Gasteiger partial charge < -0.3 is 14.6 Å². The van der Waals surface area contributed by atoms with E-state index >= 15 is 0 Å². The lowest BCUT2D eigenvalue weighted by molar-refractivity contribution is 0.0668. The average molecular weight is 560 g/mol. The predicted molar refractivity (Wildman–Crippen MR) is 148 cm³/mol. The van der Waals surface area contributed by atoms with Crippen LogP contribution in [0.5, 0.6) is 17.2 Å². The quantitative estimate of drug-likeness (QED) is 0.398. The number of alkyl halides is 1. The molecule has 1 fully saturated rings. The normalized spacial score (nSPS) is 15.6. The number of aromatic hydroxyl groups is 1. The van der Waals surface area contributed by atoms with E-state index < -0.39 is 9.84 Å². The molecule has 202 valence electrons. The smallest absolute Gasteiger partial charge is 0.175 e. The highest BCUT2D eigenvalue weighted by atomic mass is 35.5. The van der Waals surface area contributed by atoms with E-state index in [1.165, 1.54) is 6.07 Å². The molecule has 2 heterocycles. The lowest BCUT2D eigenvalue weighted by Gasteiger charge is -2.37. The molecule has 0 aliphatic carbocycles. The third-order valence-electron chi connectivity index (χ3n) is 6.55. The van der Waals surface area contributed by atoms with E-state index in [1.54, 1.807) is 30.3 Å². The summed E-state index contributed by atoms with van der Waals surface area (Å²) >= 11 is 6.27. The van der Waals surface area contributed by atoms with E-state index in [0.29, 0.717) is 22.9 Å². The number of phenols is 1. The molecule has 1 saturated heterocycles. The summed E-state index contributed by atoms with van der Waals surface area (Å²) in [4.78, 5) is 2.42. The number of benzene rings is 3. The standard InChI is InChI=1S/C17H15ClO4S.C12H16FNO/c1-10-13-7-11(19)3-6-17(13)22-9-15(10)14-8-12(23(2,20)21)4-5-16(14)18;13-8-11-9-14(10-11)6-7-15-12-4-2-1-3-5-12/h3-8,19H,9H2,1-2H3;1-5,11H,6-10H2. The van der Waals surface area contributed by atoms with Gasteiger partial charge in [-0.25, -0.2) is 8.42 Å². The van der Waals surface area contributed by atoms with Crippen LogP contribution in [0.25, 0.3) is 11.1 Å². The molecule has 2 aliphatic rings. The fraction of sp³-hybridized carbons (Fsp3) is 0.310. The number of para-hydroxylation sites is 1. The molecule has 3 aromatic carbocycles. The summed E-state index contributed by atoms with van der Waals surface area (Å²) in [5.41, 5.74) is 3.10. The molecule has 6 nitrogen and oxygen atoms in total. The summed E-state index contributed by atoms with van der Waals surface area (Å²) in [6.45, 7) is 5.35. The highest BCUT2D eigenvalue weighted by Gasteiger charge is 2.26. The minimum absolute atomic E-state index is 0.143. The Balaban J connectivity index is 0.000000194. The second kappa shape index (κ2) is 12.2. The predicted octanol–water partition coefficient (Wildman–Crippen LogP) is 5.74. The molecule has 0 saturated carbocycles. The van der Waals surface area contributed by atoms with Gasteiger partial charge in [0, 0.05) is 53.5 Å². The fourth-order valence-corrected chi connectivity index (χ4v) is 5.25. The first-order chi connectivity index (χ1) is 18.2. The lowest BCUT2D eigenvalue weighted by atomic mass is 9.93. The van der Waals surface area contributed by atoms with Crippen LogP contribution in [0, 0.1) is 5.92 Å². The molecule has 9 heteroatoms. The number of phenolic OH excluding ortho intramolecular Hbond substituents is 1. The Morgan fingerprint density at radius 2 is 1.82 bits per heavy atom. The number of hydrogen-bond acceptors (Lipinski definition) is 6. The van der Waals surface area contributed by atoms with Gasteiger partial charge in [-0.15, -0.1) is 0 Å². The second-order valence-corrected chi connectivity index (χ2v) is 11.9. The summed E-state index contributed by atoms with van der Waals surface area (Å²) in [7, 11) is -3.33. The Morgan fingerprint density at radius 3 is 2.50 bits per heavy atom. The van der Waals surface area contributed by atoms with E-state index in [1.807, 2.05) is 37.3 Å². The second-order valence-electron chi connectivity index (χ2n) is 9.43. The number of fused-ring (bicyclic) bond motifs is 1. The molecular weight excluding hydrogens is 529 g/mol. The summed E-state index contributed by atoms with van der Waals surface area (Å²) in [6.07, 6.45) is 1.16. The molecule has 1 N–H and O–H groups in total. The van der Waals surface area contributed by atoms with Crippen LogP contribution >= 0.6 is 11.6 Å². The van der Waals surface area contributed by atoms with Crippen molar-refractivity contribution in [2.24, 2.45) is 5.92 Å². The first kappa shape index (κ1) is 28.0. The molecule has 0 radical (unpaired) electrons. The number of halogens is 2. The number of ether oxygens (including phenoxy) is 2. The van der Waals surface area contributed by atoms with E-state index in [2.05, 4.69) is 4.90 Å². The fourth-order valence-electron chi connectivity index (χ4n) is 4.37. The topological polar surface area (TPSA) is 76.1 Å². The maximum atomic E-state index is 12.1. The van der Waals surface area contributed by atoms with Crippen molar-refractivity contribution in [3.8, 4) is 17.2 Å². The van der Waals surface area contributed by atoms with Crippen LogP contribution in [0.3, 0.4) is 0 Å². The first-order valence-electron chi connectivity index (χ1n) is 12.3. The highest BCUT2D eigenvalue weighted by Crippen LogP contribution is 2.40. The Kier molecular flexibility index (Phi) is 8.97. The van der Waals surface area contributed by atoms with Crippen LogP contribution in [-0.4, -0.2) is 64.2 Å². The maximum Gasteiger partial charge on any atom is 0.175 e. The third-order valence-corrected chi connectivity index (χ3v) is 7.99. The summed E-state index contributed by atoms with van der Waals surface area (Å²) in [5, 5.41) is 10.1. The van der Waals surface area contributed by atoms with Crippen LogP contribution in [0.15, 0.2) is 71.6 Å². The number of likely N-dealkylation sites (tertiary alicyclic amines) is 1. The van der Waals surface area contributed by atoms with Gasteiger partial charge in [-0.3, -0.25) is 9.29 Å². The number of allylic oxidation sites excluding steroid dienone is 1. The molecule has 0 unspecified atom stereocenters. The van der Waals surface area contributed by atoms with E-state index in [4.69, 9.17) is 21.1 Å². The molecule has 2 aliphatic heterocycles. The number of hydrogen-bond donors (Lipinski definition) is 1. The minimum Gasteiger partial charge on any atom is -0.508 e. The van der Waals surface area contributed by atoms with Crippen molar-refractivity contribution in [2.75, 3.05) is 45.8 Å². The van der Waals surface area contributed by atoms with Crippen molar-refractivity contribution in [1.82, 2.24) is 4.90 Å². The number of nitrogens with zero attached hydrogens (tertiary/aromatic N) is 1. The first-order valence-corrected chi connectivity index (χ1v) is 14.5. The molecule has 0 amide bonds. The van der Waals surface area contributed by atoms with E-state index in [-0.39, 0.29) is 29.8 Å². The van der Waals surface area contributed by atoms with Gasteiger partial charge >= 0.3 is 0 Å². The molecule has 38 heavy (non-hydrogen) atoms. The van der Waals surface area contributed by atoms with Gasteiger partial charge in [0.05, 0.1) is 11.6 Å². The van der Waals surface area contributed by atoms with Crippen molar-refractivity contribution in [3.05, 3.63) is 82.9 Å². The number of sulfone groups is 1. The summed E-state index contributed by atoms with van der Waals surface area (Å²) in [5.74, 6) is 1.99. The van der Waals surface area contributed by atoms with Gasteiger partial charge in [0.1, 0.15) is 30.5 Å². The Morgan fingerprint density at radius 1 is 1.08 bits per heavy atom. The monoisotopic (exact) mass is 559 g/mol. The van der Waals surface area contributed by atoms with Crippen molar-refractivity contribution in [2.45, 2.75) is 11.8 Å². The molecule has 0 aromatic heterocycles. The van der Waals surface area contributed by atoms with Crippen molar-refractivity contribution >= 4 is 32.6 Å². The zero-order valence-electron chi connectivity index (χ0n) is 21.4. The Bertz CT molecular complexity index is 1410.